The summed E-state index contributed by atoms with van der Waals surface area (Å²) in [5.74, 6) is 0.0448. The summed E-state index contributed by atoms with van der Waals surface area (Å²) in [7, 11) is 1.83. The van der Waals surface area contributed by atoms with E-state index in [4.69, 9.17) is 0 Å². The van der Waals surface area contributed by atoms with E-state index in [0.29, 0.717) is 6.54 Å². The molecule has 0 aliphatic rings. The number of hydrogen-bond acceptors (Lipinski definition) is 1. The zero-order valence-electron chi connectivity index (χ0n) is 11.8. The first kappa shape index (κ1) is 14.8. The van der Waals surface area contributed by atoms with Crippen molar-refractivity contribution in [3.63, 3.8) is 0 Å². The van der Waals surface area contributed by atoms with E-state index in [1.165, 1.54) is 5.56 Å². The van der Waals surface area contributed by atoms with Gasteiger partial charge in [0.15, 0.2) is 0 Å². The minimum absolute atomic E-state index is 0.0448. The van der Waals surface area contributed by atoms with Crippen molar-refractivity contribution < 1.29 is 4.79 Å². The van der Waals surface area contributed by atoms with Crippen molar-refractivity contribution in [2.45, 2.75) is 19.9 Å². The maximum Gasteiger partial charge on any atom is 0.253 e. The van der Waals surface area contributed by atoms with Gasteiger partial charge in [-0.2, -0.15) is 0 Å². The van der Waals surface area contributed by atoms with Crippen molar-refractivity contribution >= 4 is 21.8 Å². The van der Waals surface area contributed by atoms with Crippen LogP contribution in [0.1, 0.15) is 28.4 Å². The van der Waals surface area contributed by atoms with Gasteiger partial charge in [0.25, 0.3) is 5.91 Å². The zero-order valence-corrected chi connectivity index (χ0v) is 13.4. The van der Waals surface area contributed by atoms with Crippen LogP contribution >= 0.6 is 15.9 Å². The number of rotatable bonds is 4. The molecule has 0 heterocycles. The maximum atomic E-state index is 12.4. The highest BCUT2D eigenvalue weighted by Gasteiger charge is 2.12. The molecule has 2 aromatic rings. The van der Waals surface area contributed by atoms with E-state index in [2.05, 4.69) is 22.9 Å². The summed E-state index contributed by atoms with van der Waals surface area (Å²) >= 11 is 3.51. The van der Waals surface area contributed by atoms with E-state index < -0.39 is 0 Å². The van der Waals surface area contributed by atoms with E-state index in [9.17, 15) is 4.79 Å². The molecule has 0 bridgehead atoms. The third kappa shape index (κ3) is 3.48. The molecule has 1 amide bonds. The fourth-order valence-electron chi connectivity index (χ4n) is 2.06. The molecule has 0 atom stereocenters. The summed E-state index contributed by atoms with van der Waals surface area (Å²) in [6, 6.07) is 15.8. The van der Waals surface area contributed by atoms with Crippen LogP contribution in [0.2, 0.25) is 0 Å². The molecular formula is C17H18BrNO. The molecule has 2 aromatic carbocycles. The normalized spacial score (nSPS) is 10.3. The van der Waals surface area contributed by atoms with Crippen LogP contribution in [0.15, 0.2) is 53.0 Å². The van der Waals surface area contributed by atoms with Gasteiger partial charge in [0, 0.05) is 23.6 Å². The molecule has 0 aliphatic carbocycles. The molecule has 2 nitrogen and oxygen atoms in total. The summed E-state index contributed by atoms with van der Waals surface area (Å²) in [5.41, 5.74) is 3.08. The van der Waals surface area contributed by atoms with Gasteiger partial charge in [0.1, 0.15) is 0 Å². The van der Waals surface area contributed by atoms with Crippen molar-refractivity contribution in [3.05, 3.63) is 69.7 Å². The highest BCUT2D eigenvalue weighted by Crippen LogP contribution is 2.18. The number of halogens is 1. The lowest BCUT2D eigenvalue weighted by molar-refractivity contribution is 0.0785. The summed E-state index contributed by atoms with van der Waals surface area (Å²) < 4.78 is 1.03. The van der Waals surface area contributed by atoms with Crippen LogP contribution in [0.4, 0.5) is 0 Å². The fourth-order valence-corrected chi connectivity index (χ4v) is 2.47. The molecule has 0 unspecified atom stereocenters. The van der Waals surface area contributed by atoms with E-state index in [-0.39, 0.29) is 5.91 Å². The molecular weight excluding hydrogens is 314 g/mol. The lowest BCUT2D eigenvalue weighted by atomic mass is 10.1. The molecule has 0 N–H and O–H groups in total. The van der Waals surface area contributed by atoms with Gasteiger partial charge < -0.3 is 4.90 Å². The Labute approximate surface area is 128 Å². The Bertz CT molecular complexity index is 592. The molecule has 0 fully saturated rings. The number of carbonyl (C=O) groups is 1. The van der Waals surface area contributed by atoms with Crippen LogP contribution < -0.4 is 0 Å². The lowest BCUT2D eigenvalue weighted by Crippen LogP contribution is -2.26. The Kier molecular flexibility index (Phi) is 4.96. The van der Waals surface area contributed by atoms with Gasteiger partial charge in [-0.05, 0) is 35.7 Å². The fraction of sp³-hybridized carbons (Fsp3) is 0.235. The van der Waals surface area contributed by atoms with Crippen LogP contribution in [-0.4, -0.2) is 17.9 Å². The first-order valence-corrected chi connectivity index (χ1v) is 7.49. The minimum Gasteiger partial charge on any atom is -0.337 e. The SMILES string of the molecule is CCc1ccc(C(=O)N(C)Cc2ccccc2Br)cc1. The van der Waals surface area contributed by atoms with Crippen LogP contribution in [0.25, 0.3) is 0 Å². The predicted molar refractivity (Wildman–Crippen MR) is 85.8 cm³/mol. The summed E-state index contributed by atoms with van der Waals surface area (Å²) in [5, 5.41) is 0. The first-order chi connectivity index (χ1) is 9.61. The van der Waals surface area contributed by atoms with Gasteiger partial charge in [-0.25, -0.2) is 0 Å². The van der Waals surface area contributed by atoms with E-state index in [1.54, 1.807) is 4.90 Å². The Morgan fingerprint density at radius 2 is 1.75 bits per heavy atom. The molecule has 20 heavy (non-hydrogen) atoms. The minimum atomic E-state index is 0.0448. The van der Waals surface area contributed by atoms with Crippen molar-refractivity contribution in [3.8, 4) is 0 Å². The standard InChI is InChI=1S/C17H18BrNO/c1-3-13-8-10-14(11-9-13)17(20)19(2)12-15-6-4-5-7-16(15)18/h4-11H,3,12H2,1-2H3. The molecule has 3 heteroatoms. The van der Waals surface area contributed by atoms with Crippen molar-refractivity contribution in [2.75, 3.05) is 7.05 Å². The molecule has 0 radical (unpaired) electrons. The van der Waals surface area contributed by atoms with Gasteiger partial charge in [0.2, 0.25) is 0 Å². The zero-order chi connectivity index (χ0) is 14.5. The number of amides is 1. The quantitative estimate of drug-likeness (QED) is 0.818. The summed E-state index contributed by atoms with van der Waals surface area (Å²) in [6.07, 6.45) is 0.987. The predicted octanol–water partition coefficient (Wildman–Crippen LogP) is 4.28. The summed E-state index contributed by atoms with van der Waals surface area (Å²) in [4.78, 5) is 14.1. The van der Waals surface area contributed by atoms with Crippen molar-refractivity contribution in [2.24, 2.45) is 0 Å². The average molecular weight is 332 g/mol. The number of hydrogen-bond donors (Lipinski definition) is 0. The molecule has 0 saturated heterocycles. The molecule has 0 aliphatic heterocycles. The molecule has 0 saturated carbocycles. The molecule has 0 aromatic heterocycles. The monoisotopic (exact) mass is 331 g/mol. The largest absolute Gasteiger partial charge is 0.337 e. The third-order valence-corrected chi connectivity index (χ3v) is 4.09. The number of aryl methyl sites for hydroxylation is 1. The van der Waals surface area contributed by atoms with Crippen molar-refractivity contribution in [1.82, 2.24) is 4.90 Å². The highest BCUT2D eigenvalue weighted by atomic mass is 79.9. The topological polar surface area (TPSA) is 20.3 Å². The van der Waals surface area contributed by atoms with E-state index in [0.717, 1.165) is 22.0 Å². The second kappa shape index (κ2) is 6.71. The second-order valence-electron chi connectivity index (χ2n) is 4.80. The molecule has 104 valence electrons. The van der Waals surface area contributed by atoms with Crippen LogP contribution in [0.3, 0.4) is 0 Å². The third-order valence-electron chi connectivity index (χ3n) is 3.32. The van der Waals surface area contributed by atoms with E-state index in [1.807, 2.05) is 55.6 Å². The van der Waals surface area contributed by atoms with Crippen LogP contribution in [0, 0.1) is 0 Å². The molecule has 2 rings (SSSR count). The average Bonchev–Trinajstić information content (AvgIpc) is 2.49. The highest BCUT2D eigenvalue weighted by molar-refractivity contribution is 9.10. The smallest absolute Gasteiger partial charge is 0.253 e. The molecule has 0 spiro atoms. The number of nitrogens with zero attached hydrogens (tertiary/aromatic N) is 1. The summed E-state index contributed by atoms with van der Waals surface area (Å²) in [6.45, 7) is 2.70. The van der Waals surface area contributed by atoms with Crippen LogP contribution in [-0.2, 0) is 13.0 Å². The van der Waals surface area contributed by atoms with Gasteiger partial charge in [-0.3, -0.25) is 4.79 Å². The van der Waals surface area contributed by atoms with Gasteiger partial charge in [-0.1, -0.05) is 53.2 Å². The first-order valence-electron chi connectivity index (χ1n) is 6.69. The van der Waals surface area contributed by atoms with Gasteiger partial charge in [0.05, 0.1) is 0 Å². The van der Waals surface area contributed by atoms with Gasteiger partial charge >= 0.3 is 0 Å². The lowest BCUT2D eigenvalue weighted by Gasteiger charge is -2.18. The number of benzene rings is 2. The Hall–Kier alpha value is -1.61. The van der Waals surface area contributed by atoms with Crippen molar-refractivity contribution in [1.29, 1.82) is 0 Å². The Morgan fingerprint density at radius 1 is 1.10 bits per heavy atom. The number of carbonyl (C=O) groups excluding carboxylic acids is 1. The van der Waals surface area contributed by atoms with Crippen LogP contribution in [0.5, 0.6) is 0 Å². The Morgan fingerprint density at radius 3 is 2.35 bits per heavy atom. The van der Waals surface area contributed by atoms with E-state index >= 15 is 0 Å². The Balaban J connectivity index is 2.10. The second-order valence-corrected chi connectivity index (χ2v) is 5.66. The maximum absolute atomic E-state index is 12.4. The van der Waals surface area contributed by atoms with Gasteiger partial charge in [-0.15, -0.1) is 0 Å².